The molecule has 5 rings (SSSR count). The van der Waals surface area contributed by atoms with E-state index in [1.54, 1.807) is 28.8 Å². The van der Waals surface area contributed by atoms with Gasteiger partial charge < -0.3 is 9.84 Å². The first-order chi connectivity index (χ1) is 16.9. The molecule has 8 heteroatoms. The number of nitrogens with one attached hydrogen (secondary N) is 1. The Morgan fingerprint density at radius 3 is 2.31 bits per heavy atom. The zero-order valence-electron chi connectivity index (χ0n) is 19.4. The lowest BCUT2D eigenvalue weighted by Gasteiger charge is -2.35. The molecule has 0 spiro atoms. The van der Waals surface area contributed by atoms with Gasteiger partial charge in [-0.3, -0.25) is 4.90 Å². The highest BCUT2D eigenvalue weighted by atomic mass is 32.2. The molecule has 35 heavy (non-hydrogen) atoms. The molecule has 1 N–H and O–H groups in total. The minimum atomic E-state index is -0.586. The zero-order valence-corrected chi connectivity index (χ0v) is 20.3. The lowest BCUT2D eigenvalue weighted by atomic mass is 9.94. The van der Waals surface area contributed by atoms with Gasteiger partial charge in [0.2, 0.25) is 5.82 Å². The first kappa shape index (κ1) is 22.9. The van der Waals surface area contributed by atoms with Gasteiger partial charge in [0.1, 0.15) is 5.82 Å². The smallest absolute Gasteiger partial charge is 0.326 e. The number of amides is 2. The lowest BCUT2D eigenvalue weighted by molar-refractivity contribution is 0.244. The monoisotopic (exact) mass is 486 g/mol. The van der Waals surface area contributed by atoms with E-state index >= 15 is 0 Å². The maximum Gasteiger partial charge on any atom is 0.326 e. The second-order valence-corrected chi connectivity index (χ2v) is 9.14. The van der Waals surface area contributed by atoms with E-state index in [0.717, 1.165) is 16.0 Å². The van der Waals surface area contributed by atoms with Crippen molar-refractivity contribution in [3.05, 3.63) is 101 Å². The highest BCUT2D eigenvalue weighted by Crippen LogP contribution is 2.39. The van der Waals surface area contributed by atoms with Gasteiger partial charge in [0.15, 0.2) is 0 Å². The van der Waals surface area contributed by atoms with E-state index < -0.39 is 6.04 Å². The second-order valence-electron chi connectivity index (χ2n) is 8.26. The number of nitrogens with zero attached hydrogens (tertiary/aromatic N) is 3. The van der Waals surface area contributed by atoms with Gasteiger partial charge in [-0.05, 0) is 74.2 Å². The summed E-state index contributed by atoms with van der Waals surface area (Å²) in [5, 5.41) is 7.24. The quantitative estimate of drug-likeness (QED) is 0.322. The van der Waals surface area contributed by atoms with Crippen molar-refractivity contribution in [2.45, 2.75) is 24.8 Å². The van der Waals surface area contributed by atoms with Crippen LogP contribution < -0.4 is 10.2 Å². The van der Waals surface area contributed by atoms with Crippen molar-refractivity contribution in [1.82, 2.24) is 15.5 Å². The Balaban J connectivity index is 1.62. The molecule has 0 saturated heterocycles. The number of hydrogen-bond acceptors (Lipinski definition) is 5. The first-order valence-corrected chi connectivity index (χ1v) is 12.3. The Bertz CT molecular complexity index is 1400. The summed E-state index contributed by atoms with van der Waals surface area (Å²) in [6.07, 6.45) is 2.02. The van der Waals surface area contributed by atoms with E-state index in [0.29, 0.717) is 28.3 Å². The molecule has 2 heterocycles. The summed E-state index contributed by atoms with van der Waals surface area (Å²) in [5.74, 6) is 0.385. The third-order valence-corrected chi connectivity index (χ3v) is 6.73. The van der Waals surface area contributed by atoms with Crippen LogP contribution in [-0.4, -0.2) is 22.4 Å². The van der Waals surface area contributed by atoms with Crippen LogP contribution in [0.4, 0.5) is 14.9 Å². The van der Waals surface area contributed by atoms with Crippen LogP contribution in [0.5, 0.6) is 0 Å². The molecule has 0 radical (unpaired) electrons. The molecule has 3 aromatic carbocycles. The summed E-state index contributed by atoms with van der Waals surface area (Å²) in [6, 6.07) is 20.7. The van der Waals surface area contributed by atoms with Gasteiger partial charge in [0, 0.05) is 16.2 Å². The van der Waals surface area contributed by atoms with E-state index in [4.69, 9.17) is 4.52 Å². The molecule has 1 unspecified atom stereocenters. The van der Waals surface area contributed by atoms with Crippen LogP contribution in [0.25, 0.3) is 17.0 Å². The summed E-state index contributed by atoms with van der Waals surface area (Å²) in [6.45, 7) is 3.84. The van der Waals surface area contributed by atoms with Gasteiger partial charge in [0.05, 0.1) is 17.3 Å². The van der Waals surface area contributed by atoms with Crippen molar-refractivity contribution in [2.75, 3.05) is 11.2 Å². The number of aromatic nitrogens is 2. The minimum absolute atomic E-state index is 0.290. The zero-order chi connectivity index (χ0) is 24.5. The average Bonchev–Trinajstić information content (AvgIpc) is 3.35. The van der Waals surface area contributed by atoms with Crippen molar-refractivity contribution in [1.29, 1.82) is 0 Å². The van der Waals surface area contributed by atoms with E-state index in [2.05, 4.69) is 15.5 Å². The minimum Gasteiger partial charge on any atom is -0.334 e. The number of allylic oxidation sites excluding steroid dienone is 1. The second kappa shape index (κ2) is 9.38. The molecular formula is C27H23FN4O2S. The van der Waals surface area contributed by atoms with Crippen molar-refractivity contribution < 1.29 is 13.7 Å². The number of halogens is 1. The third kappa shape index (κ3) is 4.44. The molecule has 0 bridgehead atoms. The van der Waals surface area contributed by atoms with E-state index in [9.17, 15) is 9.18 Å². The van der Waals surface area contributed by atoms with Crippen LogP contribution in [0.2, 0.25) is 0 Å². The topological polar surface area (TPSA) is 71.3 Å². The largest absolute Gasteiger partial charge is 0.334 e. The number of anilines is 1. The molecule has 2 amide bonds. The molecule has 1 atom stereocenters. The molecule has 1 aliphatic heterocycles. The molecular weight excluding hydrogens is 463 g/mol. The Morgan fingerprint density at radius 2 is 1.66 bits per heavy atom. The number of aryl methyl sites for hydroxylation is 1. The number of benzene rings is 3. The SMILES string of the molecule is CSc1ccc(-c2noc(C3=C(C)N(c4ccc(C)cc4)C(=O)NC3c3ccc(F)cc3)n2)cc1. The molecule has 1 aromatic heterocycles. The summed E-state index contributed by atoms with van der Waals surface area (Å²) in [5.41, 5.74) is 4.64. The first-order valence-electron chi connectivity index (χ1n) is 11.1. The van der Waals surface area contributed by atoms with Crippen LogP contribution in [0.15, 0.2) is 87.9 Å². The summed E-state index contributed by atoms with van der Waals surface area (Å²) >= 11 is 1.65. The molecule has 0 aliphatic carbocycles. The van der Waals surface area contributed by atoms with Crippen molar-refractivity contribution in [2.24, 2.45) is 0 Å². The van der Waals surface area contributed by atoms with Gasteiger partial charge >= 0.3 is 6.03 Å². The Kier molecular flexibility index (Phi) is 6.13. The molecule has 6 nitrogen and oxygen atoms in total. The van der Waals surface area contributed by atoms with Gasteiger partial charge in [-0.25, -0.2) is 9.18 Å². The van der Waals surface area contributed by atoms with Crippen LogP contribution >= 0.6 is 11.8 Å². The summed E-state index contributed by atoms with van der Waals surface area (Å²) in [4.78, 5) is 20.6. The predicted octanol–water partition coefficient (Wildman–Crippen LogP) is 6.61. The van der Waals surface area contributed by atoms with Crippen LogP contribution in [0, 0.1) is 12.7 Å². The van der Waals surface area contributed by atoms with Crippen molar-refractivity contribution in [3.63, 3.8) is 0 Å². The van der Waals surface area contributed by atoms with Crippen molar-refractivity contribution >= 4 is 29.1 Å². The maximum absolute atomic E-state index is 13.6. The summed E-state index contributed by atoms with van der Waals surface area (Å²) in [7, 11) is 0. The molecule has 0 fully saturated rings. The predicted molar refractivity (Wildman–Crippen MR) is 135 cm³/mol. The Labute approximate surface area is 206 Å². The highest BCUT2D eigenvalue weighted by Gasteiger charge is 2.36. The molecule has 4 aromatic rings. The van der Waals surface area contributed by atoms with Gasteiger partial charge in [-0.15, -0.1) is 11.8 Å². The van der Waals surface area contributed by atoms with E-state index in [1.807, 2.05) is 68.6 Å². The highest BCUT2D eigenvalue weighted by molar-refractivity contribution is 7.98. The Morgan fingerprint density at radius 1 is 0.971 bits per heavy atom. The van der Waals surface area contributed by atoms with E-state index in [1.165, 1.54) is 12.1 Å². The number of rotatable bonds is 5. The standard InChI is InChI=1S/C27H23FN4O2S/c1-16-4-12-21(13-5-16)32-17(2)23(24(29-27(32)33)18-6-10-20(28)11-7-18)26-30-25(31-34-26)19-8-14-22(35-3)15-9-19/h4-15,24H,1-3H3,(H,29,33). The normalized spacial score (nSPS) is 15.9. The molecule has 0 saturated carbocycles. The fourth-order valence-electron chi connectivity index (χ4n) is 4.12. The van der Waals surface area contributed by atoms with Crippen LogP contribution in [0.3, 0.4) is 0 Å². The molecule has 1 aliphatic rings. The van der Waals surface area contributed by atoms with Gasteiger partial charge in [-0.2, -0.15) is 4.98 Å². The number of thioether (sulfide) groups is 1. The fraction of sp³-hybridized carbons (Fsp3) is 0.148. The lowest BCUT2D eigenvalue weighted by Crippen LogP contribution is -2.46. The van der Waals surface area contributed by atoms with Gasteiger partial charge in [-0.1, -0.05) is 35.0 Å². The van der Waals surface area contributed by atoms with Gasteiger partial charge in [0.25, 0.3) is 5.89 Å². The van der Waals surface area contributed by atoms with Crippen LogP contribution in [0.1, 0.15) is 30.0 Å². The average molecular weight is 487 g/mol. The number of carbonyl (C=O) groups is 1. The molecule has 176 valence electrons. The third-order valence-electron chi connectivity index (χ3n) is 5.98. The van der Waals surface area contributed by atoms with E-state index in [-0.39, 0.29) is 17.7 Å². The maximum atomic E-state index is 13.6. The fourth-order valence-corrected chi connectivity index (χ4v) is 4.53. The van der Waals surface area contributed by atoms with Crippen molar-refractivity contribution in [3.8, 4) is 11.4 Å². The number of hydrogen-bond donors (Lipinski definition) is 1. The van der Waals surface area contributed by atoms with Crippen LogP contribution in [-0.2, 0) is 0 Å². The summed E-state index contributed by atoms with van der Waals surface area (Å²) < 4.78 is 19.4. The Hall–Kier alpha value is -3.91. The number of urea groups is 1. The number of carbonyl (C=O) groups excluding carboxylic acids is 1.